The molecule has 92 valence electrons. The number of amides is 2. The number of hydrogen-bond acceptors (Lipinski definition) is 4. The predicted octanol–water partition coefficient (Wildman–Crippen LogP) is 0.0135. The number of rotatable bonds is 1. The van der Waals surface area contributed by atoms with Crippen LogP contribution in [0.4, 0.5) is 0 Å². The Hall–Kier alpha value is -0.650. The standard InChI is InChI=1S/C10H17N3O2.ClH/c1-12(2)13-8(14)7-10(9(13)15)3-5-11-6-4-10;/h11H,3-7H2,1-2H3;1H. The summed E-state index contributed by atoms with van der Waals surface area (Å²) in [5.74, 6) is -0.0779. The largest absolute Gasteiger partial charge is 0.317 e. The van der Waals surface area contributed by atoms with E-state index in [1.165, 1.54) is 5.01 Å². The summed E-state index contributed by atoms with van der Waals surface area (Å²) in [6.07, 6.45) is 1.94. The third kappa shape index (κ3) is 1.95. The molecule has 0 aliphatic carbocycles. The highest BCUT2D eigenvalue weighted by molar-refractivity contribution is 6.05. The summed E-state index contributed by atoms with van der Waals surface area (Å²) >= 11 is 0. The molecular formula is C10H18ClN3O2. The lowest BCUT2D eigenvalue weighted by molar-refractivity contribution is -0.156. The van der Waals surface area contributed by atoms with Gasteiger partial charge in [-0.3, -0.25) is 9.59 Å². The first-order chi connectivity index (χ1) is 7.07. The Morgan fingerprint density at radius 1 is 1.25 bits per heavy atom. The first-order valence-electron chi connectivity index (χ1n) is 5.32. The Labute approximate surface area is 102 Å². The van der Waals surface area contributed by atoms with Gasteiger partial charge in [-0.1, -0.05) is 0 Å². The van der Waals surface area contributed by atoms with Gasteiger partial charge in [0, 0.05) is 20.5 Å². The van der Waals surface area contributed by atoms with Crippen molar-refractivity contribution in [2.75, 3.05) is 27.2 Å². The maximum Gasteiger partial charge on any atom is 0.250 e. The highest BCUT2D eigenvalue weighted by Crippen LogP contribution is 2.40. The van der Waals surface area contributed by atoms with Crippen molar-refractivity contribution in [3.8, 4) is 0 Å². The maximum atomic E-state index is 12.2. The van der Waals surface area contributed by atoms with Crippen LogP contribution in [0.25, 0.3) is 0 Å². The molecule has 2 rings (SSSR count). The molecule has 6 heteroatoms. The number of halogens is 1. The van der Waals surface area contributed by atoms with Crippen LogP contribution in [-0.2, 0) is 9.59 Å². The Balaban J connectivity index is 0.00000128. The zero-order valence-electron chi connectivity index (χ0n) is 9.65. The molecule has 0 unspecified atom stereocenters. The number of hydrogen-bond donors (Lipinski definition) is 1. The molecule has 0 saturated carbocycles. The van der Waals surface area contributed by atoms with Gasteiger partial charge in [0.15, 0.2) is 0 Å². The van der Waals surface area contributed by atoms with Crippen LogP contribution in [0.3, 0.4) is 0 Å². The quantitative estimate of drug-likeness (QED) is 0.664. The SMILES string of the molecule is CN(C)N1C(=O)CC2(CCNCC2)C1=O.Cl. The van der Waals surface area contributed by atoms with Gasteiger partial charge in [-0.2, -0.15) is 0 Å². The smallest absolute Gasteiger partial charge is 0.250 e. The molecule has 2 aliphatic heterocycles. The van der Waals surface area contributed by atoms with Gasteiger partial charge >= 0.3 is 0 Å². The number of imide groups is 1. The molecule has 1 spiro atoms. The van der Waals surface area contributed by atoms with E-state index in [1.54, 1.807) is 19.1 Å². The number of nitrogens with zero attached hydrogens (tertiary/aromatic N) is 2. The normalized spacial score (nSPS) is 24.1. The van der Waals surface area contributed by atoms with Gasteiger partial charge in [-0.05, 0) is 25.9 Å². The lowest BCUT2D eigenvalue weighted by Crippen LogP contribution is -2.47. The van der Waals surface area contributed by atoms with Gasteiger partial charge < -0.3 is 5.32 Å². The van der Waals surface area contributed by atoms with Crippen LogP contribution in [0, 0.1) is 5.41 Å². The van der Waals surface area contributed by atoms with Crippen molar-refractivity contribution in [2.45, 2.75) is 19.3 Å². The van der Waals surface area contributed by atoms with Crippen LogP contribution < -0.4 is 5.32 Å². The number of nitrogens with one attached hydrogen (secondary N) is 1. The molecule has 0 aromatic heterocycles. The summed E-state index contributed by atoms with van der Waals surface area (Å²) in [5, 5.41) is 6.09. The topological polar surface area (TPSA) is 52.6 Å². The highest BCUT2D eigenvalue weighted by Gasteiger charge is 2.52. The number of carbonyl (C=O) groups is 2. The third-order valence-corrected chi connectivity index (χ3v) is 3.33. The Morgan fingerprint density at radius 2 is 1.81 bits per heavy atom. The third-order valence-electron chi connectivity index (χ3n) is 3.33. The average Bonchev–Trinajstić information content (AvgIpc) is 2.40. The van der Waals surface area contributed by atoms with E-state index in [4.69, 9.17) is 0 Å². The summed E-state index contributed by atoms with van der Waals surface area (Å²) in [6, 6.07) is 0. The van der Waals surface area contributed by atoms with Crippen molar-refractivity contribution >= 4 is 24.2 Å². The fourth-order valence-electron chi connectivity index (χ4n) is 2.48. The highest BCUT2D eigenvalue weighted by atomic mass is 35.5. The van der Waals surface area contributed by atoms with Crippen molar-refractivity contribution < 1.29 is 9.59 Å². The van der Waals surface area contributed by atoms with Crippen LogP contribution in [-0.4, -0.2) is 49.0 Å². The lowest BCUT2D eigenvalue weighted by atomic mass is 9.77. The van der Waals surface area contributed by atoms with E-state index in [9.17, 15) is 9.59 Å². The van der Waals surface area contributed by atoms with Gasteiger partial charge in [-0.15, -0.1) is 12.4 Å². The van der Waals surface area contributed by atoms with E-state index in [2.05, 4.69) is 5.32 Å². The summed E-state index contributed by atoms with van der Waals surface area (Å²) in [6.45, 7) is 1.67. The molecule has 0 aromatic carbocycles. The fourth-order valence-corrected chi connectivity index (χ4v) is 2.48. The number of carbonyl (C=O) groups excluding carboxylic acids is 2. The molecule has 2 aliphatic rings. The van der Waals surface area contributed by atoms with Gasteiger partial charge in [-0.25, -0.2) is 10.0 Å². The molecule has 2 fully saturated rings. The summed E-state index contributed by atoms with van der Waals surface area (Å²) < 4.78 is 0. The minimum absolute atomic E-state index is 0. The van der Waals surface area contributed by atoms with Crippen molar-refractivity contribution in [1.29, 1.82) is 0 Å². The first-order valence-corrected chi connectivity index (χ1v) is 5.32. The van der Waals surface area contributed by atoms with Crippen LogP contribution in [0.1, 0.15) is 19.3 Å². The molecule has 1 N–H and O–H groups in total. The van der Waals surface area contributed by atoms with Crippen LogP contribution in [0.5, 0.6) is 0 Å². The molecule has 5 nitrogen and oxygen atoms in total. The lowest BCUT2D eigenvalue weighted by Gasteiger charge is -2.32. The molecule has 2 amide bonds. The van der Waals surface area contributed by atoms with Crippen molar-refractivity contribution in [1.82, 2.24) is 15.3 Å². The molecule has 0 bridgehead atoms. The van der Waals surface area contributed by atoms with Crippen molar-refractivity contribution in [3.05, 3.63) is 0 Å². The Kier molecular flexibility index (Phi) is 3.93. The van der Waals surface area contributed by atoms with Crippen molar-refractivity contribution in [3.63, 3.8) is 0 Å². The van der Waals surface area contributed by atoms with Gasteiger partial charge in [0.05, 0.1) is 5.41 Å². The summed E-state index contributed by atoms with van der Waals surface area (Å²) in [5.41, 5.74) is -0.410. The monoisotopic (exact) mass is 247 g/mol. The molecule has 16 heavy (non-hydrogen) atoms. The summed E-state index contributed by atoms with van der Waals surface area (Å²) in [4.78, 5) is 23.9. The van der Waals surface area contributed by atoms with E-state index >= 15 is 0 Å². The van der Waals surface area contributed by atoms with E-state index in [1.807, 2.05) is 0 Å². The Morgan fingerprint density at radius 3 is 2.25 bits per heavy atom. The maximum absolute atomic E-state index is 12.2. The minimum Gasteiger partial charge on any atom is -0.317 e. The van der Waals surface area contributed by atoms with Crippen molar-refractivity contribution in [2.24, 2.45) is 5.41 Å². The average molecular weight is 248 g/mol. The number of piperidine rings is 1. The zero-order chi connectivity index (χ0) is 11.1. The van der Waals surface area contributed by atoms with Gasteiger partial charge in [0.1, 0.15) is 0 Å². The molecule has 0 aromatic rings. The van der Waals surface area contributed by atoms with E-state index in [0.29, 0.717) is 6.42 Å². The molecule has 2 saturated heterocycles. The molecule has 0 atom stereocenters. The van der Waals surface area contributed by atoms with Crippen LogP contribution in [0.15, 0.2) is 0 Å². The molecular weight excluding hydrogens is 230 g/mol. The van der Waals surface area contributed by atoms with Crippen LogP contribution >= 0.6 is 12.4 Å². The molecule has 2 heterocycles. The van der Waals surface area contributed by atoms with E-state index in [-0.39, 0.29) is 24.2 Å². The second-order valence-corrected chi connectivity index (χ2v) is 4.57. The number of hydrazine groups is 1. The first kappa shape index (κ1) is 13.4. The molecule has 0 radical (unpaired) electrons. The fraction of sp³-hybridized carbons (Fsp3) is 0.800. The van der Waals surface area contributed by atoms with Gasteiger partial charge in [0.2, 0.25) is 5.91 Å². The van der Waals surface area contributed by atoms with E-state index < -0.39 is 5.41 Å². The van der Waals surface area contributed by atoms with E-state index in [0.717, 1.165) is 25.9 Å². The summed E-state index contributed by atoms with van der Waals surface area (Å²) in [7, 11) is 3.46. The predicted molar refractivity (Wildman–Crippen MR) is 61.9 cm³/mol. The second-order valence-electron chi connectivity index (χ2n) is 4.57. The second kappa shape index (κ2) is 4.69. The minimum atomic E-state index is -0.410. The zero-order valence-corrected chi connectivity index (χ0v) is 10.5. The van der Waals surface area contributed by atoms with Crippen LogP contribution in [0.2, 0.25) is 0 Å². The Bertz CT molecular complexity index is 300. The van der Waals surface area contributed by atoms with Gasteiger partial charge in [0.25, 0.3) is 5.91 Å².